The minimum absolute atomic E-state index is 0.220. The van der Waals surface area contributed by atoms with Gasteiger partial charge >= 0.3 is 12.1 Å². The summed E-state index contributed by atoms with van der Waals surface area (Å²) in [4.78, 5) is 11.9. The zero-order chi connectivity index (χ0) is 14.0. The molecule has 1 aliphatic rings. The molecular formula is C13H14F3NO2. The van der Waals surface area contributed by atoms with Crippen molar-refractivity contribution in [3.8, 4) is 0 Å². The molecule has 3 nitrogen and oxygen atoms in total. The Bertz CT molecular complexity index is 443. The number of nitrogens with two attached hydrogens (primary N) is 1. The van der Waals surface area contributed by atoms with Crippen molar-refractivity contribution >= 4 is 5.97 Å². The number of esters is 1. The van der Waals surface area contributed by atoms with E-state index in [2.05, 4.69) is 0 Å². The van der Waals surface area contributed by atoms with Gasteiger partial charge in [0.15, 0.2) is 0 Å². The third-order valence-electron chi connectivity index (χ3n) is 2.96. The van der Waals surface area contributed by atoms with Gasteiger partial charge in [0.2, 0.25) is 0 Å². The first-order chi connectivity index (χ1) is 8.89. The summed E-state index contributed by atoms with van der Waals surface area (Å²) in [7, 11) is 0. The number of carbonyl (C=O) groups is 1. The molecule has 2 atom stereocenters. The fourth-order valence-electron chi connectivity index (χ4n) is 1.76. The van der Waals surface area contributed by atoms with Crippen molar-refractivity contribution in [1.29, 1.82) is 0 Å². The average Bonchev–Trinajstić information content (AvgIpc) is 3.13. The second-order valence-corrected chi connectivity index (χ2v) is 4.59. The van der Waals surface area contributed by atoms with E-state index in [1.54, 1.807) is 18.2 Å². The van der Waals surface area contributed by atoms with Crippen LogP contribution in [0.4, 0.5) is 13.2 Å². The highest BCUT2D eigenvalue weighted by atomic mass is 19.4. The van der Waals surface area contributed by atoms with Gasteiger partial charge in [0.1, 0.15) is 18.1 Å². The van der Waals surface area contributed by atoms with E-state index in [-0.39, 0.29) is 11.7 Å². The van der Waals surface area contributed by atoms with Gasteiger partial charge in [-0.05, 0) is 18.4 Å². The number of hydrogen-bond donors (Lipinski definition) is 1. The molecule has 1 fully saturated rings. The van der Waals surface area contributed by atoms with Crippen LogP contribution in [0.3, 0.4) is 0 Å². The fraction of sp³-hybridized carbons (Fsp3) is 0.462. The number of benzene rings is 1. The van der Waals surface area contributed by atoms with E-state index >= 15 is 0 Å². The van der Waals surface area contributed by atoms with E-state index in [0.717, 1.165) is 0 Å². The Morgan fingerprint density at radius 3 is 2.32 bits per heavy atom. The SMILES string of the molecule is N[C@@H]([C@@H](C(=O)OC1CC1)c1ccccc1)C(F)(F)F. The molecule has 1 aromatic carbocycles. The quantitative estimate of drug-likeness (QED) is 0.857. The maximum absolute atomic E-state index is 12.8. The summed E-state index contributed by atoms with van der Waals surface area (Å²) in [6.07, 6.45) is -3.49. The second-order valence-electron chi connectivity index (χ2n) is 4.59. The third kappa shape index (κ3) is 3.47. The normalized spacial score (nSPS) is 18.7. The molecule has 0 radical (unpaired) electrons. The van der Waals surface area contributed by atoms with E-state index in [4.69, 9.17) is 10.5 Å². The number of rotatable bonds is 4. The van der Waals surface area contributed by atoms with Crippen LogP contribution in [0, 0.1) is 0 Å². The summed E-state index contributed by atoms with van der Waals surface area (Å²) in [5.74, 6) is -2.42. The molecule has 0 saturated heterocycles. The van der Waals surface area contributed by atoms with Gasteiger partial charge in [-0.1, -0.05) is 30.3 Å². The standard InChI is InChI=1S/C13H14F3NO2/c14-13(15,16)11(17)10(8-4-2-1-3-5-8)12(18)19-9-6-7-9/h1-5,9-11H,6-7,17H2/t10-,11-/m0/s1. The monoisotopic (exact) mass is 273 g/mol. The van der Waals surface area contributed by atoms with Gasteiger partial charge in [-0.15, -0.1) is 0 Å². The van der Waals surface area contributed by atoms with E-state index in [0.29, 0.717) is 12.8 Å². The zero-order valence-electron chi connectivity index (χ0n) is 10.1. The summed E-state index contributed by atoms with van der Waals surface area (Å²) >= 11 is 0. The summed E-state index contributed by atoms with van der Waals surface area (Å²) in [5.41, 5.74) is 5.42. The van der Waals surface area contributed by atoms with Gasteiger partial charge in [0, 0.05) is 0 Å². The molecule has 0 aliphatic heterocycles. The smallest absolute Gasteiger partial charge is 0.404 e. The number of carbonyl (C=O) groups excluding carboxylic acids is 1. The molecule has 0 bridgehead atoms. The average molecular weight is 273 g/mol. The Kier molecular flexibility index (Phi) is 3.80. The molecule has 2 N–H and O–H groups in total. The summed E-state index contributed by atoms with van der Waals surface area (Å²) in [6.45, 7) is 0. The summed E-state index contributed by atoms with van der Waals surface area (Å²) < 4.78 is 43.3. The van der Waals surface area contributed by atoms with E-state index in [1.165, 1.54) is 12.1 Å². The van der Waals surface area contributed by atoms with Gasteiger partial charge in [-0.25, -0.2) is 0 Å². The number of ether oxygens (including phenoxy) is 1. The van der Waals surface area contributed by atoms with Gasteiger partial charge in [0.05, 0.1) is 0 Å². The predicted molar refractivity (Wildman–Crippen MR) is 62.3 cm³/mol. The number of hydrogen-bond acceptors (Lipinski definition) is 3. The van der Waals surface area contributed by atoms with Crippen molar-refractivity contribution in [1.82, 2.24) is 0 Å². The van der Waals surface area contributed by atoms with Gasteiger partial charge in [0.25, 0.3) is 0 Å². The Balaban J connectivity index is 2.24. The first kappa shape index (κ1) is 13.9. The van der Waals surface area contributed by atoms with Crippen molar-refractivity contribution in [2.75, 3.05) is 0 Å². The largest absolute Gasteiger partial charge is 0.462 e. The first-order valence-electron chi connectivity index (χ1n) is 5.97. The molecule has 19 heavy (non-hydrogen) atoms. The molecule has 6 heteroatoms. The van der Waals surface area contributed by atoms with Gasteiger partial charge in [-0.3, -0.25) is 4.79 Å². The molecular weight excluding hydrogens is 259 g/mol. The maximum atomic E-state index is 12.8. The molecule has 0 heterocycles. The van der Waals surface area contributed by atoms with Gasteiger partial charge < -0.3 is 10.5 Å². The third-order valence-corrected chi connectivity index (χ3v) is 2.96. The lowest BCUT2D eigenvalue weighted by Crippen LogP contribution is -2.46. The van der Waals surface area contributed by atoms with Crippen LogP contribution in [0.15, 0.2) is 30.3 Å². The van der Waals surface area contributed by atoms with Gasteiger partial charge in [-0.2, -0.15) is 13.2 Å². The zero-order valence-corrected chi connectivity index (χ0v) is 10.1. The van der Waals surface area contributed by atoms with Crippen LogP contribution in [-0.4, -0.2) is 24.3 Å². The number of halogens is 3. The van der Waals surface area contributed by atoms with Crippen LogP contribution in [-0.2, 0) is 9.53 Å². The minimum atomic E-state index is -4.65. The molecule has 0 aromatic heterocycles. The Morgan fingerprint density at radius 2 is 1.84 bits per heavy atom. The lowest BCUT2D eigenvalue weighted by molar-refractivity contribution is -0.169. The minimum Gasteiger partial charge on any atom is -0.462 e. The lowest BCUT2D eigenvalue weighted by Gasteiger charge is -2.24. The molecule has 0 amide bonds. The molecule has 0 spiro atoms. The Labute approximate surface area is 108 Å². The van der Waals surface area contributed by atoms with Crippen LogP contribution in [0.25, 0.3) is 0 Å². The highest BCUT2D eigenvalue weighted by molar-refractivity contribution is 5.79. The van der Waals surface area contributed by atoms with Crippen LogP contribution >= 0.6 is 0 Å². The predicted octanol–water partition coefficient (Wildman–Crippen LogP) is 2.37. The summed E-state index contributed by atoms with van der Waals surface area (Å²) in [6, 6.07) is 5.42. The van der Waals surface area contributed by atoms with Crippen LogP contribution in [0.1, 0.15) is 24.3 Å². The molecule has 2 rings (SSSR count). The van der Waals surface area contributed by atoms with Crippen LogP contribution < -0.4 is 5.73 Å². The second kappa shape index (κ2) is 5.21. The van der Waals surface area contributed by atoms with E-state index < -0.39 is 24.1 Å². The molecule has 1 saturated carbocycles. The maximum Gasteiger partial charge on any atom is 0.404 e. The Morgan fingerprint density at radius 1 is 1.26 bits per heavy atom. The van der Waals surface area contributed by atoms with Crippen LogP contribution in [0.2, 0.25) is 0 Å². The molecule has 1 aromatic rings. The lowest BCUT2D eigenvalue weighted by atomic mass is 9.91. The topological polar surface area (TPSA) is 52.3 Å². The van der Waals surface area contributed by atoms with Crippen LogP contribution in [0.5, 0.6) is 0 Å². The van der Waals surface area contributed by atoms with Crippen molar-refractivity contribution in [3.63, 3.8) is 0 Å². The molecule has 1 aliphatic carbocycles. The first-order valence-corrected chi connectivity index (χ1v) is 5.97. The molecule has 0 unspecified atom stereocenters. The molecule has 104 valence electrons. The van der Waals surface area contributed by atoms with E-state index in [1.807, 2.05) is 0 Å². The van der Waals surface area contributed by atoms with Crippen molar-refractivity contribution in [2.45, 2.75) is 37.1 Å². The van der Waals surface area contributed by atoms with Crippen molar-refractivity contribution < 1.29 is 22.7 Å². The highest BCUT2D eigenvalue weighted by Crippen LogP contribution is 2.33. The number of alkyl halides is 3. The van der Waals surface area contributed by atoms with Crippen molar-refractivity contribution in [3.05, 3.63) is 35.9 Å². The highest BCUT2D eigenvalue weighted by Gasteiger charge is 2.47. The Hall–Kier alpha value is -1.56. The van der Waals surface area contributed by atoms with E-state index in [9.17, 15) is 18.0 Å². The van der Waals surface area contributed by atoms with Crippen molar-refractivity contribution in [2.24, 2.45) is 5.73 Å². The summed E-state index contributed by atoms with van der Waals surface area (Å²) in [5, 5.41) is 0. The fourth-order valence-corrected chi connectivity index (χ4v) is 1.76.